The molecular weight excluding hydrogens is 258 g/mol. The Morgan fingerprint density at radius 2 is 1.80 bits per heavy atom. The van der Waals surface area contributed by atoms with Gasteiger partial charge in [-0.1, -0.05) is 24.3 Å². The van der Waals surface area contributed by atoms with Gasteiger partial charge in [0.25, 0.3) is 0 Å². The van der Waals surface area contributed by atoms with Crippen molar-refractivity contribution in [1.29, 1.82) is 0 Å². The largest absolute Gasteiger partial charge is 0.326 e. The number of hydrogen-bond donors (Lipinski definition) is 1. The van der Waals surface area contributed by atoms with Crippen molar-refractivity contribution in [1.82, 2.24) is 4.90 Å². The van der Waals surface area contributed by atoms with Crippen LogP contribution in [0.25, 0.3) is 0 Å². The number of hydrogen-bond acceptors (Lipinski definition) is 2. The summed E-state index contributed by atoms with van der Waals surface area (Å²) in [6, 6.07) is 11.5. The highest BCUT2D eigenvalue weighted by Gasteiger charge is 2.07. The Morgan fingerprint density at radius 3 is 2.45 bits per heavy atom. The van der Waals surface area contributed by atoms with E-state index in [0.717, 1.165) is 11.1 Å². The van der Waals surface area contributed by atoms with Gasteiger partial charge in [0.15, 0.2) is 0 Å². The summed E-state index contributed by atoms with van der Waals surface area (Å²) in [6.45, 7) is 1.36. The highest BCUT2D eigenvalue weighted by atomic mass is 19.1. The molecule has 0 aliphatic carbocycles. The summed E-state index contributed by atoms with van der Waals surface area (Å²) in [7, 11) is 1.88. The summed E-state index contributed by atoms with van der Waals surface area (Å²) in [5, 5.41) is 0. The van der Waals surface area contributed by atoms with Crippen molar-refractivity contribution >= 4 is 0 Å². The Labute approximate surface area is 117 Å². The summed E-state index contributed by atoms with van der Waals surface area (Å²) in [4.78, 5) is 1.94. The van der Waals surface area contributed by atoms with Crippen molar-refractivity contribution in [2.24, 2.45) is 5.73 Å². The molecule has 20 heavy (non-hydrogen) atoms. The van der Waals surface area contributed by atoms with Crippen LogP contribution in [-0.2, 0) is 19.6 Å². The van der Waals surface area contributed by atoms with Gasteiger partial charge in [-0.25, -0.2) is 8.78 Å². The van der Waals surface area contributed by atoms with Crippen LogP contribution < -0.4 is 5.73 Å². The average Bonchev–Trinajstić information content (AvgIpc) is 2.41. The van der Waals surface area contributed by atoms with Crippen molar-refractivity contribution in [3.05, 3.63) is 70.8 Å². The zero-order valence-corrected chi connectivity index (χ0v) is 11.4. The van der Waals surface area contributed by atoms with Crippen molar-refractivity contribution in [3.63, 3.8) is 0 Å². The quantitative estimate of drug-likeness (QED) is 0.909. The standard InChI is InChI=1S/C16H18F2N2/c1-20(10-13-3-2-4-15(17)7-13)11-14-6-5-12(9-19)8-16(14)18/h2-8H,9-11,19H2,1H3. The molecule has 0 aliphatic heterocycles. The SMILES string of the molecule is CN(Cc1cccc(F)c1)Cc1ccc(CN)cc1F. The van der Waals surface area contributed by atoms with Crippen molar-refractivity contribution in [3.8, 4) is 0 Å². The van der Waals surface area contributed by atoms with Crippen LogP contribution in [0.1, 0.15) is 16.7 Å². The van der Waals surface area contributed by atoms with E-state index in [9.17, 15) is 8.78 Å². The topological polar surface area (TPSA) is 29.3 Å². The van der Waals surface area contributed by atoms with Crippen molar-refractivity contribution in [2.45, 2.75) is 19.6 Å². The average molecular weight is 276 g/mol. The molecule has 0 saturated heterocycles. The van der Waals surface area contributed by atoms with E-state index in [1.165, 1.54) is 18.2 Å². The molecule has 2 rings (SSSR count). The molecule has 106 valence electrons. The van der Waals surface area contributed by atoms with Gasteiger partial charge in [-0.3, -0.25) is 4.90 Å². The molecule has 0 aliphatic rings. The highest BCUT2D eigenvalue weighted by Crippen LogP contribution is 2.14. The third-order valence-electron chi connectivity index (χ3n) is 3.13. The third kappa shape index (κ3) is 3.85. The maximum atomic E-state index is 13.9. The Balaban J connectivity index is 2.02. The normalized spacial score (nSPS) is 11.1. The summed E-state index contributed by atoms with van der Waals surface area (Å²) in [5.41, 5.74) is 7.73. The van der Waals surface area contributed by atoms with E-state index in [4.69, 9.17) is 5.73 Å². The molecule has 0 heterocycles. The monoisotopic (exact) mass is 276 g/mol. The second kappa shape index (κ2) is 6.59. The van der Waals surface area contributed by atoms with Crippen LogP contribution in [0.4, 0.5) is 8.78 Å². The van der Waals surface area contributed by atoms with Gasteiger partial charge in [0.1, 0.15) is 11.6 Å². The second-order valence-electron chi connectivity index (χ2n) is 4.93. The summed E-state index contributed by atoms with van der Waals surface area (Å²) in [6.07, 6.45) is 0. The number of nitrogens with two attached hydrogens (primary N) is 1. The highest BCUT2D eigenvalue weighted by molar-refractivity contribution is 5.24. The molecule has 0 spiro atoms. The molecule has 2 N–H and O–H groups in total. The minimum Gasteiger partial charge on any atom is -0.326 e. The van der Waals surface area contributed by atoms with Gasteiger partial charge >= 0.3 is 0 Å². The van der Waals surface area contributed by atoms with E-state index in [0.29, 0.717) is 25.2 Å². The van der Waals surface area contributed by atoms with Crippen molar-refractivity contribution < 1.29 is 8.78 Å². The summed E-state index contributed by atoms with van der Waals surface area (Å²) >= 11 is 0. The Kier molecular flexibility index (Phi) is 4.82. The molecule has 0 fully saturated rings. The third-order valence-corrected chi connectivity index (χ3v) is 3.13. The summed E-state index contributed by atoms with van der Waals surface area (Å²) < 4.78 is 27.0. The zero-order chi connectivity index (χ0) is 14.5. The first kappa shape index (κ1) is 14.6. The van der Waals surface area contributed by atoms with Gasteiger partial charge in [-0.05, 0) is 36.4 Å². The Bertz CT molecular complexity index is 584. The first-order valence-corrected chi connectivity index (χ1v) is 6.49. The molecule has 0 amide bonds. The first-order valence-electron chi connectivity index (χ1n) is 6.49. The fourth-order valence-corrected chi connectivity index (χ4v) is 2.14. The van der Waals surface area contributed by atoms with Gasteiger partial charge in [-0.15, -0.1) is 0 Å². The molecule has 4 heteroatoms. The van der Waals surface area contributed by atoms with Crippen LogP contribution in [0.5, 0.6) is 0 Å². The summed E-state index contributed by atoms with van der Waals surface area (Å²) in [5.74, 6) is -0.506. The van der Waals surface area contributed by atoms with Gasteiger partial charge in [0.2, 0.25) is 0 Å². The molecule has 0 unspecified atom stereocenters. The van der Waals surface area contributed by atoms with Crippen LogP contribution in [0.3, 0.4) is 0 Å². The lowest BCUT2D eigenvalue weighted by Crippen LogP contribution is -2.18. The molecule has 0 aromatic heterocycles. The van der Waals surface area contributed by atoms with E-state index >= 15 is 0 Å². The van der Waals surface area contributed by atoms with E-state index < -0.39 is 0 Å². The van der Waals surface area contributed by atoms with Gasteiger partial charge < -0.3 is 5.73 Å². The lowest BCUT2D eigenvalue weighted by Gasteiger charge is -2.17. The predicted molar refractivity (Wildman–Crippen MR) is 75.9 cm³/mol. The number of halogens is 2. The number of benzene rings is 2. The van der Waals surface area contributed by atoms with Crippen LogP contribution in [0.15, 0.2) is 42.5 Å². The maximum Gasteiger partial charge on any atom is 0.128 e. The molecular formula is C16H18F2N2. The fourth-order valence-electron chi connectivity index (χ4n) is 2.14. The second-order valence-corrected chi connectivity index (χ2v) is 4.93. The molecule has 2 aromatic carbocycles. The Morgan fingerprint density at radius 1 is 1.00 bits per heavy atom. The van der Waals surface area contributed by atoms with Gasteiger partial charge in [0, 0.05) is 25.2 Å². The predicted octanol–water partition coefficient (Wildman–Crippen LogP) is 3.06. The lowest BCUT2D eigenvalue weighted by atomic mass is 10.1. The minimum absolute atomic E-state index is 0.251. The number of rotatable bonds is 5. The van der Waals surface area contributed by atoms with Gasteiger partial charge in [0.05, 0.1) is 0 Å². The maximum absolute atomic E-state index is 13.9. The van der Waals surface area contributed by atoms with E-state index in [1.807, 2.05) is 24.1 Å². The van der Waals surface area contributed by atoms with Crippen LogP contribution in [-0.4, -0.2) is 11.9 Å². The zero-order valence-electron chi connectivity index (χ0n) is 11.4. The van der Waals surface area contributed by atoms with E-state index in [1.54, 1.807) is 12.1 Å². The molecule has 0 radical (unpaired) electrons. The lowest BCUT2D eigenvalue weighted by molar-refractivity contribution is 0.313. The Hall–Kier alpha value is -1.78. The van der Waals surface area contributed by atoms with Crippen LogP contribution in [0, 0.1) is 11.6 Å². The minimum atomic E-state index is -0.255. The molecule has 2 nitrogen and oxygen atoms in total. The van der Waals surface area contributed by atoms with Crippen LogP contribution >= 0.6 is 0 Å². The fraction of sp³-hybridized carbons (Fsp3) is 0.250. The first-order chi connectivity index (χ1) is 9.58. The molecule has 0 bridgehead atoms. The molecule has 0 atom stereocenters. The van der Waals surface area contributed by atoms with Gasteiger partial charge in [-0.2, -0.15) is 0 Å². The van der Waals surface area contributed by atoms with E-state index in [-0.39, 0.29) is 11.6 Å². The van der Waals surface area contributed by atoms with Crippen molar-refractivity contribution in [2.75, 3.05) is 7.05 Å². The van der Waals surface area contributed by atoms with Crippen LogP contribution in [0.2, 0.25) is 0 Å². The molecule has 2 aromatic rings. The molecule has 0 saturated carbocycles. The number of nitrogens with zero attached hydrogens (tertiary/aromatic N) is 1. The smallest absolute Gasteiger partial charge is 0.128 e. The van der Waals surface area contributed by atoms with E-state index in [2.05, 4.69) is 0 Å².